The Morgan fingerprint density at radius 3 is 2.75 bits per heavy atom. The third-order valence-electron chi connectivity index (χ3n) is 3.19. The minimum absolute atomic E-state index is 0.324. The first-order valence-corrected chi connectivity index (χ1v) is 5.90. The minimum atomic E-state index is 0.324. The van der Waals surface area contributed by atoms with Crippen LogP contribution >= 0.6 is 0 Å². The molecule has 2 rings (SSSR count). The topological polar surface area (TPSA) is 47.3 Å². The lowest BCUT2D eigenvalue weighted by Crippen LogP contribution is -2.36. The zero-order chi connectivity index (χ0) is 11.4. The van der Waals surface area contributed by atoms with Gasteiger partial charge >= 0.3 is 0 Å². The van der Waals surface area contributed by atoms with E-state index in [1.165, 1.54) is 5.56 Å². The molecule has 0 spiro atoms. The van der Waals surface area contributed by atoms with Crippen LogP contribution in [0.3, 0.4) is 0 Å². The molecule has 1 aliphatic rings. The number of ether oxygens (including phenoxy) is 1. The van der Waals surface area contributed by atoms with E-state index in [2.05, 4.69) is 36.5 Å². The lowest BCUT2D eigenvalue weighted by molar-refractivity contribution is 0.182. The summed E-state index contributed by atoms with van der Waals surface area (Å²) < 4.78 is 5.40. The van der Waals surface area contributed by atoms with E-state index >= 15 is 0 Å². The largest absolute Gasteiger partial charge is 0.381 e. The lowest BCUT2D eigenvalue weighted by atomic mass is 9.99. The highest BCUT2D eigenvalue weighted by atomic mass is 16.5. The molecule has 88 valence electrons. The fraction of sp³-hybridized carbons (Fsp3) is 0.538. The molecule has 0 saturated carbocycles. The second-order valence-electron chi connectivity index (χ2n) is 4.48. The van der Waals surface area contributed by atoms with Gasteiger partial charge in [-0.25, -0.2) is 0 Å². The molecule has 0 amide bonds. The minimum Gasteiger partial charge on any atom is -0.381 e. The van der Waals surface area contributed by atoms with Crippen LogP contribution in [0, 0.1) is 12.8 Å². The standard InChI is InChI=1S/C13H20N2O/c1-10-2-4-12(5-3-10)15-13(8-14)11-6-7-16-9-11/h2-5,11,13,15H,6-9,14H2,1H3. The van der Waals surface area contributed by atoms with E-state index in [1.807, 2.05) is 0 Å². The second kappa shape index (κ2) is 5.32. The molecule has 3 N–H and O–H groups in total. The number of nitrogens with two attached hydrogens (primary N) is 1. The van der Waals surface area contributed by atoms with Gasteiger partial charge in [-0.3, -0.25) is 0 Å². The first kappa shape index (κ1) is 11.4. The van der Waals surface area contributed by atoms with Gasteiger partial charge in [-0.1, -0.05) is 17.7 Å². The highest BCUT2D eigenvalue weighted by molar-refractivity contribution is 5.45. The zero-order valence-electron chi connectivity index (χ0n) is 9.78. The average molecular weight is 220 g/mol. The van der Waals surface area contributed by atoms with E-state index in [9.17, 15) is 0 Å². The Labute approximate surface area is 97.0 Å². The molecule has 0 aliphatic carbocycles. The van der Waals surface area contributed by atoms with Crippen molar-refractivity contribution in [2.75, 3.05) is 25.1 Å². The summed E-state index contributed by atoms with van der Waals surface area (Å²) in [7, 11) is 0. The highest BCUT2D eigenvalue weighted by Crippen LogP contribution is 2.20. The van der Waals surface area contributed by atoms with Crippen molar-refractivity contribution in [3.63, 3.8) is 0 Å². The van der Waals surface area contributed by atoms with Crippen molar-refractivity contribution in [2.45, 2.75) is 19.4 Å². The fourth-order valence-electron chi connectivity index (χ4n) is 2.10. The van der Waals surface area contributed by atoms with Gasteiger partial charge in [0.1, 0.15) is 0 Å². The average Bonchev–Trinajstić information content (AvgIpc) is 2.82. The van der Waals surface area contributed by atoms with Crippen molar-refractivity contribution < 1.29 is 4.74 Å². The molecule has 3 nitrogen and oxygen atoms in total. The smallest absolute Gasteiger partial charge is 0.0515 e. The van der Waals surface area contributed by atoms with Crippen molar-refractivity contribution >= 4 is 5.69 Å². The molecule has 1 saturated heterocycles. The van der Waals surface area contributed by atoms with Crippen LogP contribution in [0.15, 0.2) is 24.3 Å². The predicted molar refractivity (Wildman–Crippen MR) is 66.6 cm³/mol. The fourth-order valence-corrected chi connectivity index (χ4v) is 2.10. The molecule has 0 radical (unpaired) electrons. The van der Waals surface area contributed by atoms with Crippen LogP contribution in [0.25, 0.3) is 0 Å². The zero-order valence-corrected chi connectivity index (χ0v) is 9.78. The quantitative estimate of drug-likeness (QED) is 0.813. The highest BCUT2D eigenvalue weighted by Gasteiger charge is 2.24. The van der Waals surface area contributed by atoms with Gasteiger partial charge in [0.25, 0.3) is 0 Å². The van der Waals surface area contributed by atoms with Gasteiger partial charge < -0.3 is 15.8 Å². The van der Waals surface area contributed by atoms with E-state index in [4.69, 9.17) is 10.5 Å². The molecule has 2 atom stereocenters. The Hall–Kier alpha value is -1.06. The Morgan fingerprint density at radius 2 is 2.19 bits per heavy atom. The van der Waals surface area contributed by atoms with Crippen molar-refractivity contribution in [3.05, 3.63) is 29.8 Å². The third kappa shape index (κ3) is 2.74. The maximum atomic E-state index is 5.81. The number of hydrogen-bond acceptors (Lipinski definition) is 3. The maximum absolute atomic E-state index is 5.81. The Kier molecular flexibility index (Phi) is 3.80. The Morgan fingerprint density at radius 1 is 1.44 bits per heavy atom. The summed E-state index contributed by atoms with van der Waals surface area (Å²) in [5.74, 6) is 0.548. The van der Waals surface area contributed by atoms with Crippen molar-refractivity contribution in [1.82, 2.24) is 0 Å². The summed E-state index contributed by atoms with van der Waals surface area (Å²) in [5.41, 5.74) is 8.24. The van der Waals surface area contributed by atoms with Crippen LogP contribution in [-0.2, 0) is 4.74 Å². The lowest BCUT2D eigenvalue weighted by Gasteiger charge is -2.23. The van der Waals surface area contributed by atoms with Gasteiger partial charge in [0, 0.05) is 30.8 Å². The summed E-state index contributed by atoms with van der Waals surface area (Å²) >= 11 is 0. The van der Waals surface area contributed by atoms with E-state index in [1.54, 1.807) is 0 Å². The SMILES string of the molecule is Cc1ccc(NC(CN)C2CCOC2)cc1. The van der Waals surface area contributed by atoms with Crippen LogP contribution < -0.4 is 11.1 Å². The van der Waals surface area contributed by atoms with Crippen LogP contribution in [0.5, 0.6) is 0 Å². The van der Waals surface area contributed by atoms with Gasteiger partial charge in [0.15, 0.2) is 0 Å². The normalized spacial score (nSPS) is 22.0. The van der Waals surface area contributed by atoms with Crippen molar-refractivity contribution in [2.24, 2.45) is 11.7 Å². The van der Waals surface area contributed by atoms with Gasteiger partial charge in [-0.2, -0.15) is 0 Å². The number of rotatable bonds is 4. The van der Waals surface area contributed by atoms with Crippen LogP contribution in [0.1, 0.15) is 12.0 Å². The molecular weight excluding hydrogens is 200 g/mol. The first-order valence-electron chi connectivity index (χ1n) is 5.90. The van der Waals surface area contributed by atoms with Gasteiger partial charge in [0.2, 0.25) is 0 Å². The van der Waals surface area contributed by atoms with Gasteiger partial charge in [-0.05, 0) is 25.5 Å². The molecule has 0 aromatic heterocycles. The molecule has 1 aliphatic heterocycles. The molecule has 16 heavy (non-hydrogen) atoms. The van der Waals surface area contributed by atoms with Gasteiger partial charge in [0.05, 0.1) is 6.61 Å². The van der Waals surface area contributed by atoms with Crippen LogP contribution in [0.4, 0.5) is 5.69 Å². The molecule has 1 aromatic carbocycles. The summed E-state index contributed by atoms with van der Waals surface area (Å²) in [6.07, 6.45) is 1.11. The summed E-state index contributed by atoms with van der Waals surface area (Å²) in [6, 6.07) is 8.76. The Bertz CT molecular complexity index is 317. The van der Waals surface area contributed by atoms with Crippen LogP contribution in [0.2, 0.25) is 0 Å². The maximum Gasteiger partial charge on any atom is 0.0515 e. The molecular formula is C13H20N2O. The monoisotopic (exact) mass is 220 g/mol. The molecule has 2 unspecified atom stereocenters. The second-order valence-corrected chi connectivity index (χ2v) is 4.48. The predicted octanol–water partition coefficient (Wildman–Crippen LogP) is 1.77. The number of anilines is 1. The summed E-state index contributed by atoms with van der Waals surface area (Å²) in [4.78, 5) is 0. The molecule has 1 fully saturated rings. The first-order chi connectivity index (χ1) is 7.79. The van der Waals surface area contributed by atoms with Gasteiger partial charge in [-0.15, -0.1) is 0 Å². The van der Waals surface area contributed by atoms with E-state index in [0.29, 0.717) is 18.5 Å². The number of hydrogen-bond donors (Lipinski definition) is 2. The van der Waals surface area contributed by atoms with E-state index in [-0.39, 0.29) is 0 Å². The van der Waals surface area contributed by atoms with E-state index in [0.717, 1.165) is 25.3 Å². The number of nitrogens with one attached hydrogen (secondary N) is 1. The summed E-state index contributed by atoms with van der Waals surface area (Å²) in [5, 5.41) is 3.49. The molecule has 1 heterocycles. The summed E-state index contributed by atoms with van der Waals surface area (Å²) in [6.45, 7) is 4.45. The molecule has 0 bridgehead atoms. The van der Waals surface area contributed by atoms with Crippen molar-refractivity contribution in [3.8, 4) is 0 Å². The molecule has 1 aromatic rings. The van der Waals surface area contributed by atoms with E-state index < -0.39 is 0 Å². The number of aryl methyl sites for hydroxylation is 1. The number of benzene rings is 1. The van der Waals surface area contributed by atoms with Crippen LogP contribution in [-0.4, -0.2) is 25.8 Å². The van der Waals surface area contributed by atoms with Crippen molar-refractivity contribution in [1.29, 1.82) is 0 Å². The third-order valence-corrected chi connectivity index (χ3v) is 3.19. The Balaban J connectivity index is 1.97. The molecule has 3 heteroatoms.